The standard InChI is InChI=1S/C15H23NO5/c1-10(16-11-5-3-2-4-6-11)7-15(20)13(18)9-21-12(8-17)14(15)19/h2-6,10,12-14,16-20H,7-9H2,1H3/t10?,12-,13+,14-,15+/m1/s1. The monoisotopic (exact) mass is 297 g/mol. The van der Waals surface area contributed by atoms with Gasteiger partial charge in [0.1, 0.15) is 23.9 Å². The van der Waals surface area contributed by atoms with Crippen molar-refractivity contribution in [3.63, 3.8) is 0 Å². The maximum atomic E-state index is 10.6. The molecule has 0 bridgehead atoms. The number of anilines is 1. The highest BCUT2D eigenvalue weighted by Gasteiger charge is 2.50. The van der Waals surface area contributed by atoms with Crippen LogP contribution < -0.4 is 5.32 Å². The fourth-order valence-electron chi connectivity index (χ4n) is 2.74. The molecule has 1 fully saturated rings. The first kappa shape index (κ1) is 16.2. The molecule has 0 amide bonds. The van der Waals surface area contributed by atoms with Crippen molar-refractivity contribution in [2.45, 2.75) is 43.3 Å². The van der Waals surface area contributed by atoms with Crippen LogP contribution in [0.2, 0.25) is 0 Å². The molecule has 0 radical (unpaired) electrons. The molecular formula is C15H23NO5. The van der Waals surface area contributed by atoms with Crippen LogP contribution in [0.15, 0.2) is 30.3 Å². The third-order valence-corrected chi connectivity index (χ3v) is 3.91. The van der Waals surface area contributed by atoms with E-state index in [2.05, 4.69) is 5.32 Å². The van der Waals surface area contributed by atoms with Crippen LogP contribution in [0, 0.1) is 0 Å². The number of hydrogen-bond acceptors (Lipinski definition) is 6. The van der Waals surface area contributed by atoms with Crippen LogP contribution in [0.1, 0.15) is 13.3 Å². The number of aliphatic hydroxyl groups excluding tert-OH is 3. The van der Waals surface area contributed by atoms with Crippen molar-refractivity contribution in [2.75, 3.05) is 18.5 Å². The normalized spacial score (nSPS) is 34.4. The van der Waals surface area contributed by atoms with Crippen molar-refractivity contribution in [3.05, 3.63) is 30.3 Å². The minimum Gasteiger partial charge on any atom is -0.394 e. The fraction of sp³-hybridized carbons (Fsp3) is 0.600. The van der Waals surface area contributed by atoms with Gasteiger partial charge in [-0.05, 0) is 19.1 Å². The third-order valence-electron chi connectivity index (χ3n) is 3.91. The first-order chi connectivity index (χ1) is 9.97. The van der Waals surface area contributed by atoms with Gasteiger partial charge in [-0.3, -0.25) is 0 Å². The first-order valence-corrected chi connectivity index (χ1v) is 7.10. The minimum absolute atomic E-state index is 0.114. The molecule has 0 spiro atoms. The van der Waals surface area contributed by atoms with E-state index in [1.54, 1.807) is 0 Å². The zero-order chi connectivity index (χ0) is 15.5. The summed E-state index contributed by atoms with van der Waals surface area (Å²) in [5.74, 6) is 0. The van der Waals surface area contributed by atoms with E-state index in [-0.39, 0.29) is 19.1 Å². The average Bonchev–Trinajstić information content (AvgIpc) is 2.46. The van der Waals surface area contributed by atoms with E-state index < -0.39 is 30.5 Å². The molecule has 21 heavy (non-hydrogen) atoms. The lowest BCUT2D eigenvalue weighted by Gasteiger charge is -2.45. The summed E-state index contributed by atoms with van der Waals surface area (Å²) in [5, 5.41) is 43.1. The van der Waals surface area contributed by atoms with Crippen molar-refractivity contribution in [2.24, 2.45) is 0 Å². The summed E-state index contributed by atoms with van der Waals surface area (Å²) >= 11 is 0. The highest BCUT2D eigenvalue weighted by Crippen LogP contribution is 2.31. The number of benzene rings is 1. The Morgan fingerprint density at radius 2 is 2.00 bits per heavy atom. The maximum Gasteiger partial charge on any atom is 0.123 e. The molecule has 0 aromatic heterocycles. The Morgan fingerprint density at radius 1 is 1.33 bits per heavy atom. The molecule has 1 saturated heterocycles. The SMILES string of the molecule is CC(C[C@@]1(O)[C@H](O)[C@@H](CO)OC[C@@H]1O)Nc1ccccc1. The molecular weight excluding hydrogens is 274 g/mol. The first-order valence-electron chi connectivity index (χ1n) is 7.10. The van der Waals surface area contributed by atoms with E-state index in [1.807, 2.05) is 37.3 Å². The average molecular weight is 297 g/mol. The summed E-state index contributed by atoms with van der Waals surface area (Å²) < 4.78 is 5.12. The van der Waals surface area contributed by atoms with Gasteiger partial charge < -0.3 is 30.5 Å². The fourth-order valence-corrected chi connectivity index (χ4v) is 2.74. The Bertz CT molecular complexity index is 443. The largest absolute Gasteiger partial charge is 0.394 e. The van der Waals surface area contributed by atoms with Crippen LogP contribution in [0.5, 0.6) is 0 Å². The molecule has 1 aliphatic rings. The van der Waals surface area contributed by atoms with Gasteiger partial charge in [0.05, 0.1) is 13.2 Å². The molecule has 0 saturated carbocycles. The number of ether oxygens (including phenoxy) is 1. The van der Waals surface area contributed by atoms with Gasteiger partial charge in [0, 0.05) is 18.2 Å². The molecule has 6 heteroatoms. The number of aliphatic hydroxyl groups is 4. The van der Waals surface area contributed by atoms with Gasteiger partial charge in [-0.1, -0.05) is 18.2 Å². The molecule has 1 unspecified atom stereocenters. The molecule has 1 heterocycles. The quantitative estimate of drug-likeness (QED) is 0.512. The molecule has 1 aromatic rings. The second-order valence-electron chi connectivity index (χ2n) is 5.62. The third kappa shape index (κ3) is 3.53. The van der Waals surface area contributed by atoms with Gasteiger partial charge in [-0.15, -0.1) is 0 Å². The van der Waals surface area contributed by atoms with Gasteiger partial charge in [0.15, 0.2) is 0 Å². The van der Waals surface area contributed by atoms with Crippen LogP contribution >= 0.6 is 0 Å². The topological polar surface area (TPSA) is 102 Å². The summed E-state index contributed by atoms with van der Waals surface area (Å²) in [6, 6.07) is 9.30. The molecule has 5 atom stereocenters. The van der Waals surface area contributed by atoms with Crippen LogP contribution in [0.3, 0.4) is 0 Å². The second-order valence-corrected chi connectivity index (χ2v) is 5.62. The van der Waals surface area contributed by atoms with Crippen molar-refractivity contribution in [1.82, 2.24) is 0 Å². The van der Waals surface area contributed by atoms with Crippen molar-refractivity contribution >= 4 is 5.69 Å². The molecule has 6 nitrogen and oxygen atoms in total. The van der Waals surface area contributed by atoms with Crippen molar-refractivity contribution in [1.29, 1.82) is 0 Å². The van der Waals surface area contributed by atoms with Gasteiger partial charge in [-0.25, -0.2) is 0 Å². The van der Waals surface area contributed by atoms with Gasteiger partial charge in [0.25, 0.3) is 0 Å². The molecule has 1 aliphatic heterocycles. The summed E-state index contributed by atoms with van der Waals surface area (Å²) in [6.07, 6.45) is -3.30. The Balaban J connectivity index is 2.04. The van der Waals surface area contributed by atoms with Crippen LogP contribution in [-0.2, 0) is 4.74 Å². The highest BCUT2D eigenvalue weighted by atomic mass is 16.5. The van der Waals surface area contributed by atoms with E-state index in [9.17, 15) is 15.3 Å². The zero-order valence-corrected chi connectivity index (χ0v) is 12.0. The summed E-state index contributed by atoms with van der Waals surface area (Å²) in [7, 11) is 0. The molecule has 118 valence electrons. The Hall–Kier alpha value is -1.18. The molecule has 2 rings (SSSR count). The predicted octanol–water partition coefficient (Wildman–Crippen LogP) is -0.279. The number of nitrogens with one attached hydrogen (secondary N) is 1. The predicted molar refractivity (Wildman–Crippen MR) is 77.9 cm³/mol. The maximum absolute atomic E-state index is 10.6. The van der Waals surface area contributed by atoms with Crippen molar-refractivity contribution in [3.8, 4) is 0 Å². The smallest absolute Gasteiger partial charge is 0.123 e. The summed E-state index contributed by atoms with van der Waals surface area (Å²) in [6.45, 7) is 1.33. The van der Waals surface area contributed by atoms with E-state index in [0.29, 0.717) is 0 Å². The van der Waals surface area contributed by atoms with Crippen LogP contribution in [0.4, 0.5) is 5.69 Å². The lowest BCUT2D eigenvalue weighted by atomic mass is 9.80. The molecule has 1 aromatic carbocycles. The van der Waals surface area contributed by atoms with Gasteiger partial charge >= 0.3 is 0 Å². The van der Waals surface area contributed by atoms with E-state index in [4.69, 9.17) is 9.84 Å². The molecule has 5 N–H and O–H groups in total. The molecule has 0 aliphatic carbocycles. The van der Waals surface area contributed by atoms with Crippen LogP contribution in [-0.4, -0.2) is 63.6 Å². The Labute approximate surface area is 124 Å². The lowest BCUT2D eigenvalue weighted by Crippen LogP contribution is -2.64. The minimum atomic E-state index is -1.72. The van der Waals surface area contributed by atoms with Gasteiger partial charge in [0.2, 0.25) is 0 Å². The Morgan fingerprint density at radius 3 is 2.62 bits per heavy atom. The summed E-state index contributed by atoms with van der Waals surface area (Å²) in [4.78, 5) is 0. The van der Waals surface area contributed by atoms with Crippen molar-refractivity contribution < 1.29 is 25.2 Å². The zero-order valence-electron chi connectivity index (χ0n) is 12.0. The number of para-hydroxylation sites is 1. The number of hydrogen-bond donors (Lipinski definition) is 5. The van der Waals surface area contributed by atoms with E-state index in [0.717, 1.165) is 5.69 Å². The van der Waals surface area contributed by atoms with E-state index in [1.165, 1.54) is 0 Å². The lowest BCUT2D eigenvalue weighted by molar-refractivity contribution is -0.250. The van der Waals surface area contributed by atoms with E-state index >= 15 is 0 Å². The highest BCUT2D eigenvalue weighted by molar-refractivity contribution is 5.43. The second kappa shape index (κ2) is 6.72. The van der Waals surface area contributed by atoms with Crippen LogP contribution in [0.25, 0.3) is 0 Å². The van der Waals surface area contributed by atoms with Gasteiger partial charge in [-0.2, -0.15) is 0 Å². The summed E-state index contributed by atoms with van der Waals surface area (Å²) in [5.41, 5.74) is -0.823. The number of rotatable bonds is 5. The Kier molecular flexibility index (Phi) is 5.18.